The number of rotatable bonds is 38. The summed E-state index contributed by atoms with van der Waals surface area (Å²) in [5.74, 6) is 1.17. The van der Waals surface area contributed by atoms with Crippen LogP contribution in [0.4, 0.5) is 0 Å². The first kappa shape index (κ1) is 44.5. The number of carbonyl (C=O) groups excluding carboxylic acids is 1. The second-order valence-corrected chi connectivity index (χ2v) is 15.4. The normalized spacial score (nSPS) is 12.3. The van der Waals surface area contributed by atoms with Crippen LogP contribution in [-0.2, 0) is 4.79 Å². The van der Waals surface area contributed by atoms with Gasteiger partial charge in [-0.1, -0.05) is 233 Å². The van der Waals surface area contributed by atoms with Crippen LogP contribution in [0.3, 0.4) is 0 Å². The summed E-state index contributed by atoms with van der Waals surface area (Å²) in [6.45, 7) is 9.21. The lowest BCUT2D eigenvalue weighted by atomic mass is 10.0. The first-order valence-electron chi connectivity index (χ1n) is 21.4. The van der Waals surface area contributed by atoms with Gasteiger partial charge in [0.05, 0.1) is 0 Å². The van der Waals surface area contributed by atoms with E-state index in [-0.39, 0.29) is 0 Å². The predicted octanol–water partition coefficient (Wildman–Crippen LogP) is 15.2. The van der Waals surface area contributed by atoms with E-state index in [1.807, 2.05) is 0 Å². The monoisotopic (exact) mass is 634 g/mol. The van der Waals surface area contributed by atoms with Crippen molar-refractivity contribution in [2.45, 2.75) is 265 Å². The minimum atomic E-state index is 0.296. The Labute approximate surface area is 286 Å². The van der Waals surface area contributed by atoms with Crippen molar-refractivity contribution in [3.05, 3.63) is 0 Å². The van der Waals surface area contributed by atoms with Crippen molar-refractivity contribution >= 4 is 5.91 Å². The minimum Gasteiger partial charge on any atom is -0.353 e. The smallest absolute Gasteiger partial charge is 0.220 e. The molecule has 0 aliphatic heterocycles. The molecule has 0 saturated carbocycles. The lowest BCUT2D eigenvalue weighted by Gasteiger charge is -2.17. The Balaban J connectivity index is 3.36. The Morgan fingerprint density at radius 3 is 1.00 bits per heavy atom. The Morgan fingerprint density at radius 1 is 0.400 bits per heavy atom. The van der Waals surface area contributed by atoms with Gasteiger partial charge < -0.3 is 5.32 Å². The summed E-state index contributed by atoms with van der Waals surface area (Å²) in [7, 11) is 0. The summed E-state index contributed by atoms with van der Waals surface area (Å²) in [5, 5.41) is 3.34. The van der Waals surface area contributed by atoms with Gasteiger partial charge in [0, 0.05) is 12.5 Å². The molecule has 0 aromatic carbocycles. The molecule has 1 atom stereocenters. The predicted molar refractivity (Wildman–Crippen MR) is 204 cm³/mol. The molecule has 0 fully saturated rings. The van der Waals surface area contributed by atoms with Crippen LogP contribution >= 0.6 is 0 Å². The number of carbonyl (C=O) groups is 1. The topological polar surface area (TPSA) is 29.1 Å². The van der Waals surface area contributed by atoms with Gasteiger partial charge in [-0.2, -0.15) is 0 Å². The van der Waals surface area contributed by atoms with Crippen molar-refractivity contribution in [2.24, 2.45) is 5.92 Å². The second-order valence-electron chi connectivity index (χ2n) is 15.4. The van der Waals surface area contributed by atoms with Crippen molar-refractivity contribution in [1.29, 1.82) is 0 Å². The average molecular weight is 634 g/mol. The highest BCUT2D eigenvalue weighted by Gasteiger charge is 2.10. The van der Waals surface area contributed by atoms with Crippen LogP contribution < -0.4 is 5.32 Å². The molecule has 1 N–H and O–H groups in total. The summed E-state index contributed by atoms with van der Waals surface area (Å²) >= 11 is 0. The van der Waals surface area contributed by atoms with E-state index in [0.29, 0.717) is 11.9 Å². The van der Waals surface area contributed by atoms with E-state index in [1.54, 1.807) is 0 Å². The molecule has 45 heavy (non-hydrogen) atoms. The zero-order valence-electron chi connectivity index (χ0n) is 32.0. The molecule has 0 bridgehead atoms. The van der Waals surface area contributed by atoms with E-state index in [0.717, 1.165) is 25.2 Å². The summed E-state index contributed by atoms with van der Waals surface area (Å²) in [6.07, 6.45) is 49.3. The van der Waals surface area contributed by atoms with Crippen LogP contribution in [0.25, 0.3) is 0 Å². The molecule has 0 radical (unpaired) electrons. The molecule has 2 heteroatoms. The van der Waals surface area contributed by atoms with Crippen LogP contribution in [0.1, 0.15) is 259 Å². The van der Waals surface area contributed by atoms with Gasteiger partial charge in [-0.3, -0.25) is 4.79 Å². The van der Waals surface area contributed by atoms with Gasteiger partial charge in [-0.25, -0.2) is 0 Å². The fourth-order valence-corrected chi connectivity index (χ4v) is 6.93. The van der Waals surface area contributed by atoms with Gasteiger partial charge >= 0.3 is 0 Å². The maximum Gasteiger partial charge on any atom is 0.220 e. The minimum absolute atomic E-state index is 0.296. The number of amides is 1. The molecule has 1 amide bonds. The van der Waals surface area contributed by atoms with E-state index < -0.39 is 0 Å². The molecule has 0 aromatic rings. The van der Waals surface area contributed by atoms with Gasteiger partial charge in [-0.15, -0.1) is 0 Å². The molecule has 0 spiro atoms. The third-order valence-electron chi connectivity index (χ3n) is 10.2. The maximum absolute atomic E-state index is 12.5. The molecule has 2 nitrogen and oxygen atoms in total. The standard InChI is InChI=1S/C43H87NO/c1-5-7-8-9-10-11-12-13-14-15-16-17-18-22-25-28-31-34-37-40-43(45)44-42(6-2)39-36-33-30-27-24-21-19-20-23-26-29-32-35-38-41(3)4/h41-42H,5-40H2,1-4H3,(H,44,45). The largest absolute Gasteiger partial charge is 0.353 e. The number of hydrogen-bond donors (Lipinski definition) is 1. The molecule has 0 saturated heterocycles. The van der Waals surface area contributed by atoms with Gasteiger partial charge in [0.25, 0.3) is 0 Å². The lowest BCUT2D eigenvalue weighted by molar-refractivity contribution is -0.122. The first-order valence-corrected chi connectivity index (χ1v) is 21.4. The quantitative estimate of drug-likeness (QED) is 0.0673. The van der Waals surface area contributed by atoms with Gasteiger partial charge in [-0.05, 0) is 25.2 Å². The van der Waals surface area contributed by atoms with E-state index in [9.17, 15) is 4.79 Å². The lowest BCUT2D eigenvalue weighted by Crippen LogP contribution is -2.34. The Bertz CT molecular complexity index is 558. The van der Waals surface area contributed by atoms with Gasteiger partial charge in [0.1, 0.15) is 0 Å². The molecule has 1 unspecified atom stereocenters. The van der Waals surface area contributed by atoms with E-state index >= 15 is 0 Å². The SMILES string of the molecule is CCCCCCCCCCCCCCCCCCCCCC(=O)NC(CC)CCCCCCCCCCCCCCCC(C)C. The molecule has 270 valence electrons. The Hall–Kier alpha value is -0.530. The zero-order chi connectivity index (χ0) is 32.9. The highest BCUT2D eigenvalue weighted by molar-refractivity contribution is 5.76. The van der Waals surface area contributed by atoms with Crippen LogP contribution in [0.15, 0.2) is 0 Å². The van der Waals surface area contributed by atoms with Crippen LogP contribution in [0.5, 0.6) is 0 Å². The summed E-state index contributed by atoms with van der Waals surface area (Å²) in [4.78, 5) is 12.5. The molecular formula is C43H87NO. The fraction of sp³-hybridized carbons (Fsp3) is 0.977. The van der Waals surface area contributed by atoms with Gasteiger partial charge in [0.15, 0.2) is 0 Å². The highest BCUT2D eigenvalue weighted by atomic mass is 16.1. The maximum atomic E-state index is 12.5. The van der Waals surface area contributed by atoms with Crippen molar-refractivity contribution in [3.8, 4) is 0 Å². The molecule has 0 aliphatic carbocycles. The third-order valence-corrected chi connectivity index (χ3v) is 10.2. The number of nitrogens with one attached hydrogen (secondary N) is 1. The first-order chi connectivity index (χ1) is 22.1. The number of unbranched alkanes of at least 4 members (excludes halogenated alkanes) is 30. The van der Waals surface area contributed by atoms with Crippen molar-refractivity contribution in [2.75, 3.05) is 0 Å². The molecule has 0 heterocycles. The zero-order valence-corrected chi connectivity index (χ0v) is 32.0. The summed E-state index contributed by atoms with van der Waals surface area (Å²) in [6, 6.07) is 0.392. The van der Waals surface area contributed by atoms with Gasteiger partial charge in [0.2, 0.25) is 5.91 Å². The van der Waals surface area contributed by atoms with E-state index in [1.165, 1.54) is 212 Å². The summed E-state index contributed by atoms with van der Waals surface area (Å²) in [5.41, 5.74) is 0. The van der Waals surface area contributed by atoms with Crippen molar-refractivity contribution < 1.29 is 4.79 Å². The molecule has 0 aromatic heterocycles. The second kappa shape index (κ2) is 37.9. The molecule has 0 aliphatic rings. The van der Waals surface area contributed by atoms with Crippen LogP contribution in [-0.4, -0.2) is 11.9 Å². The average Bonchev–Trinajstić information content (AvgIpc) is 3.03. The van der Waals surface area contributed by atoms with E-state index in [2.05, 4.69) is 33.0 Å². The Kier molecular flexibility index (Phi) is 37.5. The highest BCUT2D eigenvalue weighted by Crippen LogP contribution is 2.17. The molecular weight excluding hydrogens is 546 g/mol. The van der Waals surface area contributed by atoms with E-state index in [4.69, 9.17) is 0 Å². The van der Waals surface area contributed by atoms with Crippen molar-refractivity contribution in [3.63, 3.8) is 0 Å². The molecule has 0 rings (SSSR count). The van der Waals surface area contributed by atoms with Crippen LogP contribution in [0, 0.1) is 5.92 Å². The fourth-order valence-electron chi connectivity index (χ4n) is 6.93. The Morgan fingerprint density at radius 2 is 0.689 bits per heavy atom. The number of hydrogen-bond acceptors (Lipinski definition) is 1. The third kappa shape index (κ3) is 37.8. The van der Waals surface area contributed by atoms with Crippen molar-refractivity contribution in [1.82, 2.24) is 5.32 Å². The summed E-state index contributed by atoms with van der Waals surface area (Å²) < 4.78 is 0. The van der Waals surface area contributed by atoms with Crippen LogP contribution in [0.2, 0.25) is 0 Å².